The molecule has 3 aromatic rings. The Morgan fingerprint density at radius 3 is 2.54 bits per heavy atom. The molecule has 0 spiro atoms. The minimum atomic E-state index is -0.320. The summed E-state index contributed by atoms with van der Waals surface area (Å²) in [6, 6.07) is 15.7. The van der Waals surface area contributed by atoms with E-state index in [4.69, 9.17) is 15.9 Å². The van der Waals surface area contributed by atoms with E-state index in [-0.39, 0.29) is 11.8 Å². The molecular weight excluding hydrogens is 328 g/mol. The Morgan fingerprint density at radius 1 is 1.19 bits per heavy atom. The second-order valence-corrected chi connectivity index (χ2v) is 6.17. The lowest BCUT2D eigenvalue weighted by Crippen LogP contribution is -2.21. The molecule has 0 fully saturated rings. The summed E-state index contributed by atoms with van der Waals surface area (Å²) in [5, 5.41) is 22.5. The number of aromatic hydroxyl groups is 1. The highest BCUT2D eigenvalue weighted by atomic mass is 16.5. The number of benzene rings is 2. The Morgan fingerprint density at radius 2 is 1.92 bits per heavy atom. The molecule has 1 aromatic heterocycles. The molecule has 0 aliphatic heterocycles. The molecule has 2 aromatic carbocycles. The average Bonchev–Trinajstić information content (AvgIpc) is 2.97. The summed E-state index contributed by atoms with van der Waals surface area (Å²) in [7, 11) is 1.61. The largest absolute Gasteiger partial charge is 0.497 e. The maximum absolute atomic E-state index is 10.5. The molecule has 0 atom stereocenters. The Kier molecular flexibility index (Phi) is 4.93. The van der Waals surface area contributed by atoms with Crippen LogP contribution in [0.15, 0.2) is 48.5 Å². The SMILES string of the molecule is COc1ccc(-c2nn(C(=N)N)c(O)c2CCc2cccc(C)c2)cc1. The van der Waals surface area contributed by atoms with Gasteiger partial charge in [-0.3, -0.25) is 5.41 Å². The molecule has 6 heteroatoms. The first-order chi connectivity index (χ1) is 12.5. The van der Waals surface area contributed by atoms with Crippen molar-refractivity contribution in [1.29, 1.82) is 5.41 Å². The summed E-state index contributed by atoms with van der Waals surface area (Å²) in [4.78, 5) is 0. The van der Waals surface area contributed by atoms with Crippen molar-refractivity contribution in [3.63, 3.8) is 0 Å². The smallest absolute Gasteiger partial charge is 0.220 e. The van der Waals surface area contributed by atoms with Crippen molar-refractivity contribution in [1.82, 2.24) is 9.78 Å². The predicted octanol–water partition coefficient (Wildman–Crippen LogP) is 3.10. The molecule has 6 nitrogen and oxygen atoms in total. The first-order valence-corrected chi connectivity index (χ1v) is 8.35. The molecule has 0 aliphatic rings. The Hall–Kier alpha value is -3.28. The van der Waals surface area contributed by atoms with Crippen LogP contribution in [0.4, 0.5) is 0 Å². The number of hydrogen-bond acceptors (Lipinski definition) is 4. The molecule has 26 heavy (non-hydrogen) atoms. The zero-order chi connectivity index (χ0) is 18.7. The molecule has 3 rings (SSSR count). The van der Waals surface area contributed by atoms with Gasteiger partial charge in [0.05, 0.1) is 7.11 Å². The minimum Gasteiger partial charge on any atom is -0.497 e. The van der Waals surface area contributed by atoms with Gasteiger partial charge in [-0.1, -0.05) is 29.8 Å². The molecule has 0 radical (unpaired) electrons. The number of aromatic nitrogens is 2. The number of aryl methyl sites for hydroxylation is 2. The van der Waals surface area contributed by atoms with Crippen LogP contribution in [0.3, 0.4) is 0 Å². The van der Waals surface area contributed by atoms with E-state index in [1.54, 1.807) is 7.11 Å². The summed E-state index contributed by atoms with van der Waals surface area (Å²) in [6.45, 7) is 2.05. The van der Waals surface area contributed by atoms with E-state index in [0.717, 1.165) is 22.4 Å². The number of nitrogen functional groups attached to an aromatic ring is 1. The zero-order valence-electron chi connectivity index (χ0n) is 14.9. The summed E-state index contributed by atoms with van der Waals surface area (Å²) in [6.07, 6.45) is 1.34. The Bertz CT molecular complexity index is 929. The number of hydrogen-bond donors (Lipinski definition) is 3. The lowest BCUT2D eigenvalue weighted by atomic mass is 10.00. The van der Waals surface area contributed by atoms with Crippen LogP contribution < -0.4 is 10.5 Å². The predicted molar refractivity (Wildman–Crippen MR) is 102 cm³/mol. The van der Waals surface area contributed by atoms with Crippen molar-refractivity contribution in [2.24, 2.45) is 5.73 Å². The van der Waals surface area contributed by atoms with Crippen LogP contribution in [0, 0.1) is 12.3 Å². The highest BCUT2D eigenvalue weighted by Gasteiger charge is 2.20. The first-order valence-electron chi connectivity index (χ1n) is 8.35. The van der Waals surface area contributed by atoms with Crippen LogP contribution in [-0.4, -0.2) is 28.0 Å². The van der Waals surface area contributed by atoms with E-state index in [1.807, 2.05) is 30.3 Å². The summed E-state index contributed by atoms with van der Waals surface area (Å²) >= 11 is 0. The average molecular weight is 350 g/mol. The molecule has 0 bridgehead atoms. The van der Waals surface area contributed by atoms with Crippen LogP contribution in [0.25, 0.3) is 11.3 Å². The van der Waals surface area contributed by atoms with E-state index < -0.39 is 0 Å². The number of nitrogens with zero attached hydrogens (tertiary/aromatic N) is 2. The van der Waals surface area contributed by atoms with Crippen molar-refractivity contribution in [3.8, 4) is 22.9 Å². The molecule has 1 heterocycles. The van der Waals surface area contributed by atoms with E-state index in [2.05, 4.69) is 30.2 Å². The highest BCUT2D eigenvalue weighted by Crippen LogP contribution is 2.31. The molecule has 134 valence electrons. The maximum atomic E-state index is 10.5. The third-order valence-corrected chi connectivity index (χ3v) is 4.29. The van der Waals surface area contributed by atoms with Crippen molar-refractivity contribution in [2.45, 2.75) is 19.8 Å². The van der Waals surface area contributed by atoms with Crippen molar-refractivity contribution in [2.75, 3.05) is 7.11 Å². The van der Waals surface area contributed by atoms with Gasteiger partial charge in [-0.25, -0.2) is 0 Å². The fourth-order valence-electron chi connectivity index (χ4n) is 2.96. The first kappa shape index (κ1) is 17.5. The molecule has 0 saturated carbocycles. The van der Waals surface area contributed by atoms with Gasteiger partial charge >= 0.3 is 0 Å². The quantitative estimate of drug-likeness (QED) is 0.486. The second kappa shape index (κ2) is 7.31. The topological polar surface area (TPSA) is 97.2 Å². The summed E-state index contributed by atoms with van der Waals surface area (Å²) in [5.41, 5.74) is 10.1. The van der Waals surface area contributed by atoms with E-state index >= 15 is 0 Å². The molecule has 0 amide bonds. The van der Waals surface area contributed by atoms with Gasteiger partial charge in [0.1, 0.15) is 11.4 Å². The number of methoxy groups -OCH3 is 1. The molecule has 0 unspecified atom stereocenters. The van der Waals surface area contributed by atoms with Gasteiger partial charge < -0.3 is 15.6 Å². The van der Waals surface area contributed by atoms with Crippen LogP contribution in [-0.2, 0) is 12.8 Å². The lowest BCUT2D eigenvalue weighted by molar-refractivity contribution is 0.415. The fraction of sp³-hybridized carbons (Fsp3) is 0.200. The van der Waals surface area contributed by atoms with Gasteiger partial charge in [-0.15, -0.1) is 0 Å². The minimum absolute atomic E-state index is 0.0871. The third-order valence-electron chi connectivity index (χ3n) is 4.29. The van der Waals surface area contributed by atoms with E-state index in [1.165, 1.54) is 11.1 Å². The van der Waals surface area contributed by atoms with Gasteiger partial charge in [-0.2, -0.15) is 9.78 Å². The molecular formula is C20H22N4O2. The monoisotopic (exact) mass is 350 g/mol. The van der Waals surface area contributed by atoms with Crippen LogP contribution in [0.5, 0.6) is 11.6 Å². The standard InChI is InChI=1S/C20H22N4O2/c1-13-4-3-5-14(12-13)6-11-17-18(23-24(19(17)25)20(21)22)15-7-9-16(26-2)10-8-15/h3-5,7-10,12,25H,6,11H2,1-2H3,(H3,21,22). The van der Waals surface area contributed by atoms with Gasteiger partial charge in [-0.05, 0) is 49.6 Å². The van der Waals surface area contributed by atoms with Crippen molar-refractivity contribution < 1.29 is 9.84 Å². The second-order valence-electron chi connectivity index (χ2n) is 6.17. The normalized spacial score (nSPS) is 10.7. The Labute approximate surface area is 152 Å². The highest BCUT2D eigenvalue weighted by molar-refractivity contribution is 5.80. The van der Waals surface area contributed by atoms with Crippen LogP contribution in [0.1, 0.15) is 16.7 Å². The van der Waals surface area contributed by atoms with Gasteiger partial charge in [0.15, 0.2) is 0 Å². The van der Waals surface area contributed by atoms with Crippen molar-refractivity contribution in [3.05, 3.63) is 65.2 Å². The van der Waals surface area contributed by atoms with Crippen LogP contribution >= 0.6 is 0 Å². The summed E-state index contributed by atoms with van der Waals surface area (Å²) in [5.74, 6) is 0.334. The third kappa shape index (κ3) is 3.54. The van der Waals surface area contributed by atoms with E-state index in [9.17, 15) is 5.11 Å². The number of ether oxygens (including phenoxy) is 1. The number of nitrogens with one attached hydrogen (secondary N) is 1. The van der Waals surface area contributed by atoms with Gasteiger partial charge in [0.25, 0.3) is 0 Å². The molecule has 0 saturated heterocycles. The van der Waals surface area contributed by atoms with Gasteiger partial charge in [0.2, 0.25) is 11.8 Å². The van der Waals surface area contributed by atoms with Gasteiger partial charge in [0, 0.05) is 11.1 Å². The molecule has 0 aliphatic carbocycles. The zero-order valence-corrected chi connectivity index (χ0v) is 14.9. The summed E-state index contributed by atoms with van der Waals surface area (Å²) < 4.78 is 6.25. The lowest BCUT2D eigenvalue weighted by Gasteiger charge is -2.06. The number of nitrogens with two attached hydrogens (primary N) is 1. The fourth-order valence-corrected chi connectivity index (χ4v) is 2.96. The Balaban J connectivity index is 1.97. The van der Waals surface area contributed by atoms with Crippen LogP contribution in [0.2, 0.25) is 0 Å². The number of rotatable bonds is 5. The molecule has 4 N–H and O–H groups in total. The maximum Gasteiger partial charge on any atom is 0.220 e. The van der Waals surface area contributed by atoms with E-state index in [0.29, 0.717) is 17.7 Å². The van der Waals surface area contributed by atoms with Crippen molar-refractivity contribution >= 4 is 5.96 Å².